The van der Waals surface area contributed by atoms with Crippen molar-refractivity contribution in [2.75, 3.05) is 5.88 Å². The summed E-state index contributed by atoms with van der Waals surface area (Å²) in [6.45, 7) is 0. The highest BCUT2D eigenvalue weighted by Crippen LogP contribution is 2.34. The first-order valence-corrected chi connectivity index (χ1v) is 3.44. The zero-order chi connectivity index (χ0) is 5.33. The molecule has 1 rings (SSSR count). The molecule has 42 valence electrons. The van der Waals surface area contributed by atoms with Crippen LogP contribution in [0.1, 0.15) is 0 Å². The van der Waals surface area contributed by atoms with E-state index in [1.54, 1.807) is 0 Å². The topological polar surface area (TPSA) is 64.8 Å². The van der Waals surface area contributed by atoms with Gasteiger partial charge in [0.05, 0.1) is 0 Å². The van der Waals surface area contributed by atoms with Gasteiger partial charge in [-0.1, -0.05) is 10.8 Å². The molecular formula is C2H6N2O2S. The third-order valence-corrected chi connectivity index (χ3v) is 1.58. The molecule has 4 nitrogen and oxygen atoms in total. The van der Waals surface area contributed by atoms with E-state index in [4.69, 9.17) is 9.11 Å². The van der Waals surface area contributed by atoms with Gasteiger partial charge in [0.2, 0.25) is 0 Å². The minimum absolute atomic E-state index is 0.104. The summed E-state index contributed by atoms with van der Waals surface area (Å²) in [5, 5.41) is 0. The van der Waals surface area contributed by atoms with E-state index in [0.717, 1.165) is 0 Å². The number of hydrogen-bond acceptors (Lipinski definition) is 4. The smallest absolute Gasteiger partial charge is 0.149 e. The molecule has 0 fully saturated rings. The van der Waals surface area contributed by atoms with Crippen LogP contribution in [0.25, 0.3) is 0 Å². The second-order valence-electron chi connectivity index (χ2n) is 1.23. The lowest BCUT2D eigenvalue weighted by Gasteiger charge is -2.23. The zero-order valence-electron chi connectivity index (χ0n) is 3.53. The molecule has 0 aromatic rings. The molecule has 0 unspecified atom stereocenters. The van der Waals surface area contributed by atoms with Gasteiger partial charge < -0.3 is 0 Å². The quantitative estimate of drug-likeness (QED) is 0.431. The Morgan fingerprint density at radius 3 is 2.57 bits per heavy atom. The normalized spacial score (nSPS) is 29.4. The van der Waals surface area contributed by atoms with Crippen molar-refractivity contribution >= 4 is 17.1 Å². The summed E-state index contributed by atoms with van der Waals surface area (Å²) in [4.78, 5) is 3.54. The molecule has 0 aromatic heterocycles. The van der Waals surface area contributed by atoms with Gasteiger partial charge in [0.25, 0.3) is 0 Å². The van der Waals surface area contributed by atoms with Gasteiger partial charge in [0.15, 0.2) is 0 Å². The van der Waals surface area contributed by atoms with Crippen LogP contribution in [0.15, 0.2) is 4.99 Å². The van der Waals surface area contributed by atoms with Gasteiger partial charge in [0, 0.05) is 0 Å². The van der Waals surface area contributed by atoms with Crippen LogP contribution in [0, 0.1) is 0 Å². The van der Waals surface area contributed by atoms with E-state index in [1.165, 1.54) is 6.34 Å². The fourth-order valence-electron chi connectivity index (χ4n) is 0.300. The van der Waals surface area contributed by atoms with Crippen LogP contribution < -0.4 is 4.72 Å². The van der Waals surface area contributed by atoms with Crippen molar-refractivity contribution in [1.82, 2.24) is 4.72 Å². The lowest BCUT2D eigenvalue weighted by molar-refractivity contribution is 0.486. The van der Waals surface area contributed by atoms with Gasteiger partial charge in [-0.05, 0) is 0 Å². The van der Waals surface area contributed by atoms with Crippen molar-refractivity contribution in [2.45, 2.75) is 0 Å². The van der Waals surface area contributed by atoms with E-state index < -0.39 is 10.8 Å². The summed E-state index contributed by atoms with van der Waals surface area (Å²) in [7, 11) is -2.52. The highest BCUT2D eigenvalue weighted by atomic mass is 32.3. The molecule has 0 aliphatic carbocycles. The molecule has 0 spiro atoms. The van der Waals surface area contributed by atoms with Crippen molar-refractivity contribution in [3.05, 3.63) is 0 Å². The molecule has 0 atom stereocenters. The third-order valence-electron chi connectivity index (χ3n) is 0.587. The zero-order valence-corrected chi connectivity index (χ0v) is 4.35. The standard InChI is InChI=1S/C2H6N2O2S/c5-7(6)2-3-1-4-7/h1,5-6H,2H2,(H,3,4). The molecule has 1 heterocycles. The van der Waals surface area contributed by atoms with E-state index in [1.807, 2.05) is 0 Å². The maximum atomic E-state index is 8.60. The Balaban J connectivity index is 2.49. The predicted octanol–water partition coefficient (Wildman–Crippen LogP) is 0.241. The van der Waals surface area contributed by atoms with E-state index in [-0.39, 0.29) is 5.88 Å². The van der Waals surface area contributed by atoms with Gasteiger partial charge in [-0.2, -0.15) is 0 Å². The first-order valence-electron chi connectivity index (χ1n) is 1.72. The minimum Gasteiger partial charge on any atom is -0.280 e. The van der Waals surface area contributed by atoms with E-state index in [0.29, 0.717) is 0 Å². The van der Waals surface area contributed by atoms with Crippen molar-refractivity contribution in [2.24, 2.45) is 4.99 Å². The van der Waals surface area contributed by atoms with Crippen molar-refractivity contribution < 1.29 is 9.11 Å². The number of hydrogen-bond donors (Lipinski definition) is 3. The van der Waals surface area contributed by atoms with Crippen molar-refractivity contribution in [3.8, 4) is 0 Å². The fourth-order valence-corrected chi connectivity index (χ4v) is 0.900. The summed E-state index contributed by atoms with van der Waals surface area (Å²) >= 11 is 0. The van der Waals surface area contributed by atoms with Crippen LogP contribution in [0.2, 0.25) is 0 Å². The molecule has 7 heavy (non-hydrogen) atoms. The maximum Gasteiger partial charge on any atom is 0.149 e. The molecule has 0 radical (unpaired) electrons. The molecule has 5 heteroatoms. The molecular weight excluding hydrogens is 116 g/mol. The molecule has 0 bridgehead atoms. The van der Waals surface area contributed by atoms with Crippen LogP contribution in [-0.4, -0.2) is 21.3 Å². The largest absolute Gasteiger partial charge is 0.280 e. The van der Waals surface area contributed by atoms with Crippen LogP contribution in [-0.2, 0) is 0 Å². The summed E-state index contributed by atoms with van der Waals surface area (Å²) in [5.74, 6) is 0.104. The van der Waals surface area contributed by atoms with Gasteiger partial charge in [-0.25, -0.2) is 0 Å². The van der Waals surface area contributed by atoms with Crippen LogP contribution in [0.5, 0.6) is 0 Å². The molecule has 0 saturated heterocycles. The Bertz CT molecular complexity index is 91.9. The number of nitrogens with zero attached hydrogens (tertiary/aromatic N) is 1. The highest BCUT2D eigenvalue weighted by Gasteiger charge is 2.11. The second kappa shape index (κ2) is 1.36. The average Bonchev–Trinajstić information content (AvgIpc) is 1.84. The van der Waals surface area contributed by atoms with Crippen molar-refractivity contribution in [1.29, 1.82) is 0 Å². The summed E-state index contributed by atoms with van der Waals surface area (Å²) in [6.07, 6.45) is 1.30. The fraction of sp³-hybridized carbons (Fsp3) is 0.500. The number of nitrogens with one attached hydrogen (secondary N) is 1. The first kappa shape index (κ1) is 4.89. The summed E-state index contributed by atoms with van der Waals surface area (Å²) in [5.41, 5.74) is 0. The monoisotopic (exact) mass is 122 g/mol. The molecule has 0 amide bonds. The Kier molecular flexibility index (Phi) is 0.949. The molecule has 1 aliphatic heterocycles. The Morgan fingerprint density at radius 1 is 1.71 bits per heavy atom. The highest BCUT2D eigenvalue weighted by molar-refractivity contribution is 8.23. The van der Waals surface area contributed by atoms with Gasteiger partial charge in [0.1, 0.15) is 12.2 Å². The molecule has 0 aromatic carbocycles. The van der Waals surface area contributed by atoms with Gasteiger partial charge in [-0.3, -0.25) is 18.8 Å². The molecule has 1 aliphatic rings. The molecule has 0 saturated carbocycles. The number of aliphatic imine (C=N–C) groups is 1. The van der Waals surface area contributed by atoms with Crippen LogP contribution in [0.4, 0.5) is 0 Å². The molecule has 3 N–H and O–H groups in total. The Hall–Kier alpha value is -0.260. The van der Waals surface area contributed by atoms with Crippen molar-refractivity contribution in [3.63, 3.8) is 0 Å². The van der Waals surface area contributed by atoms with E-state index in [9.17, 15) is 0 Å². The Labute approximate surface area is 42.7 Å². The van der Waals surface area contributed by atoms with Gasteiger partial charge in [-0.15, -0.1) is 0 Å². The third kappa shape index (κ3) is 1.05. The van der Waals surface area contributed by atoms with E-state index in [2.05, 4.69) is 9.71 Å². The predicted molar refractivity (Wildman–Crippen MR) is 29.3 cm³/mol. The Morgan fingerprint density at radius 2 is 2.43 bits per heavy atom. The average molecular weight is 122 g/mol. The van der Waals surface area contributed by atoms with Crippen LogP contribution in [0.3, 0.4) is 0 Å². The van der Waals surface area contributed by atoms with Gasteiger partial charge >= 0.3 is 0 Å². The number of rotatable bonds is 0. The first-order chi connectivity index (χ1) is 3.21. The lowest BCUT2D eigenvalue weighted by Crippen LogP contribution is -2.12. The second-order valence-corrected chi connectivity index (χ2v) is 3.05. The summed E-state index contributed by atoms with van der Waals surface area (Å²) < 4.78 is 19.5. The maximum absolute atomic E-state index is 8.60. The minimum atomic E-state index is -2.52. The SMILES string of the molecule is OS1(O)CN=CN1. The van der Waals surface area contributed by atoms with E-state index >= 15 is 0 Å². The summed E-state index contributed by atoms with van der Waals surface area (Å²) in [6, 6.07) is 0. The van der Waals surface area contributed by atoms with Crippen LogP contribution >= 0.6 is 10.8 Å². The lowest BCUT2D eigenvalue weighted by atomic mass is 11.3.